The first-order valence-electron chi connectivity index (χ1n) is 4.16. The zero-order chi connectivity index (χ0) is 9.78. The molecule has 0 rings (SSSR count). The fourth-order valence-electron chi connectivity index (χ4n) is 0.199. The third-order valence-electron chi connectivity index (χ3n) is 0.555. The van der Waals surface area contributed by atoms with Gasteiger partial charge in [0.1, 0.15) is 0 Å². The minimum atomic E-state index is -1.93. The summed E-state index contributed by atoms with van der Waals surface area (Å²) in [7, 11) is 2.66. The first-order chi connectivity index (χ1) is 5.45. The van der Waals surface area contributed by atoms with Gasteiger partial charge in [-0.05, 0) is 6.50 Å². The summed E-state index contributed by atoms with van der Waals surface area (Å²) >= 11 is 0. The predicted octanol–water partition coefficient (Wildman–Crippen LogP) is 0.642. The van der Waals surface area contributed by atoms with E-state index in [0.29, 0.717) is 5.06 Å². The summed E-state index contributed by atoms with van der Waals surface area (Å²) in [6.07, 6.45) is 0. The average molecular weight is 213 g/mol. The third-order valence-corrected chi connectivity index (χ3v) is 0.555. The summed E-state index contributed by atoms with van der Waals surface area (Å²) < 4.78 is 28.4. The van der Waals surface area contributed by atoms with Crippen LogP contribution in [0.1, 0.15) is 5.48 Å². The Morgan fingerprint density at radius 2 is 2.67 bits per heavy atom. The molecule has 3 nitrogen and oxygen atoms in total. The number of nitrogens with zero attached hydrogens (tertiary/aromatic N) is 2. The van der Waals surface area contributed by atoms with Crippen LogP contribution in [0.2, 0.25) is 0 Å². The minimum Gasteiger partial charge on any atom is -0.664 e. The van der Waals surface area contributed by atoms with Crippen LogP contribution in [-0.4, -0.2) is 32.3 Å². The molecule has 1 radical (unpaired) electrons. The maximum atomic E-state index is 7.33. The SMILES string of the molecule is [3H][C-]([3H])N(OC)C([3H])([3H])C[N-]C.[Y]. The van der Waals surface area contributed by atoms with Gasteiger partial charge in [0.15, 0.2) is 0 Å². The predicted molar refractivity (Wildman–Crippen MR) is 33.2 cm³/mol. The van der Waals surface area contributed by atoms with E-state index in [2.05, 4.69) is 10.2 Å². The first kappa shape index (κ1) is 5.61. The maximum absolute atomic E-state index is 7.33. The van der Waals surface area contributed by atoms with Gasteiger partial charge in [0.25, 0.3) is 0 Å². The van der Waals surface area contributed by atoms with Crippen LogP contribution in [0.5, 0.6) is 0 Å². The Morgan fingerprint density at radius 1 is 2.00 bits per heavy atom. The Labute approximate surface area is 87.6 Å². The topological polar surface area (TPSA) is 26.6 Å². The van der Waals surface area contributed by atoms with E-state index in [1.807, 2.05) is 0 Å². The van der Waals surface area contributed by atoms with E-state index in [1.54, 1.807) is 0 Å². The molecule has 0 aliphatic carbocycles. The van der Waals surface area contributed by atoms with Crippen molar-refractivity contribution >= 4 is 0 Å². The van der Waals surface area contributed by atoms with Crippen LogP contribution >= 0.6 is 0 Å². The standard InChI is InChI=1S/C5H12N2O.Y/c1-6-4-5-7(2)8-3;/h2,4-5H2,1,3H3;/q-2;/i2T2,5T2;. The molecule has 4 heteroatoms. The van der Waals surface area contributed by atoms with Crippen LogP contribution in [-0.2, 0) is 37.5 Å². The minimum absolute atomic E-state index is 0. The second kappa shape index (κ2) is 8.98. The molecule has 0 atom stereocenters. The van der Waals surface area contributed by atoms with Crippen molar-refractivity contribution in [2.45, 2.75) is 0 Å². The van der Waals surface area contributed by atoms with Crippen molar-refractivity contribution in [1.29, 1.82) is 0 Å². The number of hydrogen-bond donors (Lipinski definition) is 0. The number of rotatable bonds is 5. The number of likely N-dealkylation sites (N-methyl/N-ethyl adjacent to an activating group) is 1. The van der Waals surface area contributed by atoms with E-state index >= 15 is 0 Å². The van der Waals surface area contributed by atoms with Gasteiger partial charge in [0, 0.05) is 35.5 Å². The van der Waals surface area contributed by atoms with Crippen molar-refractivity contribution in [2.75, 3.05) is 27.2 Å². The molecule has 0 aliphatic heterocycles. The molecule has 0 aromatic rings. The van der Waals surface area contributed by atoms with E-state index in [-0.39, 0.29) is 39.3 Å². The Balaban J connectivity index is 0. The quantitative estimate of drug-likeness (QED) is 0.495. The van der Waals surface area contributed by atoms with Crippen molar-refractivity contribution in [1.82, 2.24) is 5.06 Å². The molecule has 0 aromatic heterocycles. The molecule has 53 valence electrons. The fraction of sp³-hybridized carbons (Fsp3) is 0.800. The molecule has 0 bridgehead atoms. The molecule has 0 unspecified atom stereocenters. The van der Waals surface area contributed by atoms with Gasteiger partial charge in [-0.3, -0.25) is 7.00 Å². The van der Waals surface area contributed by atoms with Crippen molar-refractivity contribution in [3.8, 4) is 0 Å². The van der Waals surface area contributed by atoms with Crippen molar-refractivity contribution in [2.24, 2.45) is 0 Å². The Kier molecular flexibility index (Phi) is 5.60. The van der Waals surface area contributed by atoms with E-state index in [4.69, 9.17) is 5.48 Å². The molecule has 0 saturated carbocycles. The van der Waals surface area contributed by atoms with Gasteiger partial charge in [0.05, 0.1) is 7.11 Å². The molecule has 0 aromatic carbocycles. The van der Waals surface area contributed by atoms with Crippen LogP contribution in [0.25, 0.3) is 5.32 Å². The van der Waals surface area contributed by atoms with Crippen LogP contribution in [0.4, 0.5) is 0 Å². The monoisotopic (exact) mass is 213 g/mol. The van der Waals surface area contributed by atoms with Gasteiger partial charge in [-0.15, -0.1) is 6.54 Å². The van der Waals surface area contributed by atoms with E-state index in [1.165, 1.54) is 14.2 Å². The zero-order valence-electron chi connectivity index (χ0n) is 9.59. The molecule has 0 aliphatic rings. The van der Waals surface area contributed by atoms with Crippen molar-refractivity contribution in [3.63, 3.8) is 0 Å². The van der Waals surface area contributed by atoms with Gasteiger partial charge in [0.2, 0.25) is 0 Å². The smallest absolute Gasteiger partial charge is 0.0541 e. The van der Waals surface area contributed by atoms with Gasteiger partial charge < -0.3 is 15.2 Å². The van der Waals surface area contributed by atoms with E-state index in [0.717, 1.165) is 0 Å². The molecule has 0 fully saturated rings. The number of hydroxylamine groups is 2. The van der Waals surface area contributed by atoms with Crippen LogP contribution in [0.15, 0.2) is 0 Å². The van der Waals surface area contributed by atoms with Crippen LogP contribution in [0.3, 0.4) is 0 Å². The van der Waals surface area contributed by atoms with Crippen molar-refractivity contribution < 1.29 is 43.0 Å². The molecule has 0 N–H and O–H groups in total. The fourth-order valence-corrected chi connectivity index (χ4v) is 0.199. The molecule has 0 heterocycles. The summed E-state index contributed by atoms with van der Waals surface area (Å²) in [5, 5.41) is 4.14. The molecule has 0 saturated heterocycles. The molecule has 0 amide bonds. The van der Waals surface area contributed by atoms with Gasteiger partial charge in [-0.25, -0.2) is 0 Å². The summed E-state index contributed by atoms with van der Waals surface area (Å²) in [5.74, 6) is 0. The second-order valence-corrected chi connectivity index (χ2v) is 1.11. The summed E-state index contributed by atoms with van der Waals surface area (Å²) in [6, 6.07) is 0. The van der Waals surface area contributed by atoms with Gasteiger partial charge in [-0.1, -0.05) is 0 Å². The zero-order valence-corrected chi connectivity index (χ0v) is 8.43. The van der Waals surface area contributed by atoms with E-state index < -0.39 is 13.5 Å². The van der Waals surface area contributed by atoms with Crippen molar-refractivity contribution in [3.05, 3.63) is 12.3 Å². The van der Waals surface area contributed by atoms with Crippen LogP contribution in [0, 0.1) is 7.00 Å². The summed E-state index contributed by atoms with van der Waals surface area (Å²) in [4.78, 5) is 4.52. The molecule has 9 heavy (non-hydrogen) atoms. The third kappa shape index (κ3) is 8.98. The largest absolute Gasteiger partial charge is 0.664 e. The normalized spacial score (nSPS) is 17.8. The summed E-state index contributed by atoms with van der Waals surface area (Å²) in [5.41, 5.74) is 0. The Morgan fingerprint density at radius 3 is 3.00 bits per heavy atom. The molecular formula is C5H12N2OY-2. The first-order valence-corrected chi connectivity index (χ1v) is 2.16. The van der Waals surface area contributed by atoms with E-state index in [9.17, 15) is 0 Å². The second-order valence-electron chi connectivity index (χ2n) is 1.11. The van der Waals surface area contributed by atoms with Gasteiger partial charge >= 0.3 is 0 Å². The molecule has 0 spiro atoms. The van der Waals surface area contributed by atoms with Gasteiger partial charge in [-0.2, -0.15) is 9.79 Å². The summed E-state index contributed by atoms with van der Waals surface area (Å²) in [6.45, 7) is -2.80. The Hall–Kier alpha value is 0.984. The molecular weight excluding hydrogens is 193 g/mol. The Bertz CT molecular complexity index is 138. The maximum Gasteiger partial charge on any atom is 0.0541 e. The van der Waals surface area contributed by atoms with Crippen LogP contribution < -0.4 is 0 Å². The number of hydrogen-bond acceptors (Lipinski definition) is 2. The average Bonchev–Trinajstić information content (AvgIpc) is 1.86.